The van der Waals surface area contributed by atoms with Gasteiger partial charge in [0, 0.05) is 0 Å². The molecule has 2 heterocycles. The van der Waals surface area contributed by atoms with Crippen LogP contribution < -0.4 is 9.64 Å². The van der Waals surface area contributed by atoms with Crippen molar-refractivity contribution in [2.45, 2.75) is 13.0 Å². The lowest BCUT2D eigenvalue weighted by Crippen LogP contribution is -2.35. The van der Waals surface area contributed by atoms with Crippen LogP contribution in [0.3, 0.4) is 0 Å². The van der Waals surface area contributed by atoms with Gasteiger partial charge < -0.3 is 19.2 Å². The number of fused-ring (bicyclic) bond motifs is 1. The first-order valence-electron chi connectivity index (χ1n) is 6.59. The van der Waals surface area contributed by atoms with Gasteiger partial charge in [-0.05, 0) is 47.1 Å². The first-order chi connectivity index (χ1) is 10.1. The van der Waals surface area contributed by atoms with Gasteiger partial charge in [0.2, 0.25) is 0 Å². The van der Waals surface area contributed by atoms with E-state index in [0.717, 1.165) is 11.4 Å². The molecule has 1 N–H and O–H groups in total. The Kier molecular flexibility index (Phi) is 3.63. The van der Waals surface area contributed by atoms with Crippen LogP contribution in [-0.2, 0) is 0 Å². The molecule has 1 unspecified atom stereocenters. The van der Waals surface area contributed by atoms with Crippen LogP contribution in [0.2, 0.25) is 0 Å². The molecule has 1 atom stereocenters. The average Bonchev–Trinajstić information content (AvgIpc) is 2.91. The Morgan fingerprint density at radius 3 is 2.86 bits per heavy atom. The molecule has 6 heteroatoms. The summed E-state index contributed by atoms with van der Waals surface area (Å²) in [6.45, 7) is 3.15. The Hall–Kier alpha value is -1.95. The summed E-state index contributed by atoms with van der Waals surface area (Å²) >= 11 is 3.30. The zero-order valence-electron chi connectivity index (χ0n) is 11.4. The number of anilines is 1. The van der Waals surface area contributed by atoms with Crippen molar-refractivity contribution in [1.82, 2.24) is 0 Å². The summed E-state index contributed by atoms with van der Waals surface area (Å²) in [5.41, 5.74) is 0.964. The minimum Gasteiger partial charge on any atom is -0.489 e. The van der Waals surface area contributed by atoms with E-state index in [1.54, 1.807) is 12.1 Å². The monoisotopic (exact) mass is 351 g/mol. The van der Waals surface area contributed by atoms with Gasteiger partial charge in [-0.2, -0.15) is 0 Å². The van der Waals surface area contributed by atoms with E-state index in [1.807, 2.05) is 25.1 Å². The van der Waals surface area contributed by atoms with Crippen LogP contribution in [0.1, 0.15) is 29.1 Å². The van der Waals surface area contributed by atoms with E-state index in [0.29, 0.717) is 23.6 Å². The molecule has 2 aromatic rings. The molecule has 5 nitrogen and oxygen atoms in total. The molecule has 0 radical (unpaired) electrons. The maximum absolute atomic E-state index is 11.3. The summed E-state index contributed by atoms with van der Waals surface area (Å²) in [7, 11) is 0. The molecule has 0 aliphatic carbocycles. The van der Waals surface area contributed by atoms with Gasteiger partial charge in [-0.25, -0.2) is 4.79 Å². The SMILES string of the molecule is CC(c1ccc(Br)o1)N1CCOc2c(C(=O)O)cccc21. The second-order valence-corrected chi connectivity index (χ2v) is 5.60. The number of hydrogen-bond acceptors (Lipinski definition) is 4. The Balaban J connectivity index is 2.01. The summed E-state index contributed by atoms with van der Waals surface area (Å²) in [5.74, 6) is 0.256. The lowest BCUT2D eigenvalue weighted by atomic mass is 10.1. The van der Waals surface area contributed by atoms with Crippen molar-refractivity contribution in [1.29, 1.82) is 0 Å². The molecular weight excluding hydrogens is 338 g/mol. The Labute approximate surface area is 130 Å². The van der Waals surface area contributed by atoms with Crippen molar-refractivity contribution in [3.05, 3.63) is 46.3 Å². The molecule has 110 valence electrons. The molecule has 1 aliphatic rings. The smallest absolute Gasteiger partial charge is 0.339 e. The van der Waals surface area contributed by atoms with E-state index in [1.165, 1.54) is 0 Å². The zero-order chi connectivity index (χ0) is 15.0. The van der Waals surface area contributed by atoms with Crippen LogP contribution in [0.15, 0.2) is 39.4 Å². The second kappa shape index (κ2) is 5.44. The van der Waals surface area contributed by atoms with Crippen molar-refractivity contribution in [2.75, 3.05) is 18.1 Å². The lowest BCUT2D eigenvalue weighted by molar-refractivity contribution is 0.0692. The van der Waals surface area contributed by atoms with Gasteiger partial charge in [0.1, 0.15) is 17.9 Å². The predicted octanol–water partition coefficient (Wildman–Crippen LogP) is 3.70. The van der Waals surface area contributed by atoms with Crippen LogP contribution in [0, 0.1) is 0 Å². The van der Waals surface area contributed by atoms with E-state index in [2.05, 4.69) is 20.8 Å². The van der Waals surface area contributed by atoms with Crippen LogP contribution in [0.5, 0.6) is 5.75 Å². The van der Waals surface area contributed by atoms with E-state index in [9.17, 15) is 9.90 Å². The molecule has 21 heavy (non-hydrogen) atoms. The fourth-order valence-corrected chi connectivity index (χ4v) is 2.87. The number of carbonyl (C=O) groups is 1. The van der Waals surface area contributed by atoms with Crippen molar-refractivity contribution in [3.63, 3.8) is 0 Å². The summed E-state index contributed by atoms with van der Waals surface area (Å²) in [4.78, 5) is 13.4. The highest BCUT2D eigenvalue weighted by Gasteiger charge is 2.28. The number of halogens is 1. The van der Waals surface area contributed by atoms with E-state index in [-0.39, 0.29) is 11.6 Å². The Morgan fingerprint density at radius 2 is 2.19 bits per heavy atom. The minimum atomic E-state index is -0.984. The van der Waals surface area contributed by atoms with Gasteiger partial charge in [-0.1, -0.05) is 6.07 Å². The third-order valence-corrected chi connectivity index (χ3v) is 4.01. The quantitative estimate of drug-likeness (QED) is 0.913. The van der Waals surface area contributed by atoms with Gasteiger partial charge >= 0.3 is 5.97 Å². The summed E-state index contributed by atoms with van der Waals surface area (Å²) in [6.07, 6.45) is 0. The van der Waals surface area contributed by atoms with Gasteiger partial charge in [0.05, 0.1) is 18.3 Å². The minimum absolute atomic E-state index is 0.0111. The number of furan rings is 1. The van der Waals surface area contributed by atoms with Gasteiger partial charge in [-0.3, -0.25) is 0 Å². The number of ether oxygens (including phenoxy) is 1. The Morgan fingerprint density at radius 1 is 1.38 bits per heavy atom. The zero-order valence-corrected chi connectivity index (χ0v) is 13.0. The summed E-state index contributed by atoms with van der Waals surface area (Å²) in [6, 6.07) is 8.90. The van der Waals surface area contributed by atoms with Crippen LogP contribution >= 0.6 is 15.9 Å². The molecule has 0 saturated heterocycles. The molecule has 0 bridgehead atoms. The maximum atomic E-state index is 11.3. The normalized spacial score (nSPS) is 15.2. The van der Waals surface area contributed by atoms with Gasteiger partial charge in [-0.15, -0.1) is 0 Å². The molecule has 1 aromatic carbocycles. The van der Waals surface area contributed by atoms with Gasteiger partial charge in [0.15, 0.2) is 10.4 Å². The highest BCUT2D eigenvalue weighted by molar-refractivity contribution is 9.10. The van der Waals surface area contributed by atoms with Crippen molar-refractivity contribution < 1.29 is 19.1 Å². The van der Waals surface area contributed by atoms with Crippen LogP contribution in [0.4, 0.5) is 5.69 Å². The standard InChI is InChI=1S/C15H14BrNO4/c1-9(12-5-6-13(16)21-12)17-7-8-20-14-10(15(18)19)3-2-4-11(14)17/h2-6,9H,7-8H2,1H3,(H,18,19). The van der Waals surface area contributed by atoms with Crippen molar-refractivity contribution in [2.24, 2.45) is 0 Å². The summed E-state index contributed by atoms with van der Waals surface area (Å²) in [5, 5.41) is 9.26. The average molecular weight is 352 g/mol. The number of rotatable bonds is 3. The third-order valence-electron chi connectivity index (χ3n) is 3.59. The first-order valence-corrected chi connectivity index (χ1v) is 7.38. The molecule has 1 aliphatic heterocycles. The number of benzene rings is 1. The molecule has 0 saturated carbocycles. The molecular formula is C15H14BrNO4. The predicted molar refractivity (Wildman–Crippen MR) is 81.1 cm³/mol. The molecule has 0 spiro atoms. The topological polar surface area (TPSA) is 62.9 Å². The largest absolute Gasteiger partial charge is 0.489 e. The number of carboxylic acid groups (broad SMARTS) is 1. The number of nitrogens with zero attached hydrogens (tertiary/aromatic N) is 1. The van der Waals surface area contributed by atoms with E-state index < -0.39 is 5.97 Å². The number of carboxylic acids is 1. The highest BCUT2D eigenvalue weighted by Crippen LogP contribution is 2.39. The van der Waals surface area contributed by atoms with Crippen molar-refractivity contribution >= 4 is 27.6 Å². The van der Waals surface area contributed by atoms with Crippen molar-refractivity contribution in [3.8, 4) is 5.75 Å². The fraction of sp³-hybridized carbons (Fsp3) is 0.267. The molecule has 1 aromatic heterocycles. The molecule has 0 amide bonds. The second-order valence-electron chi connectivity index (χ2n) is 4.82. The van der Waals surface area contributed by atoms with Gasteiger partial charge in [0.25, 0.3) is 0 Å². The number of hydrogen-bond donors (Lipinski definition) is 1. The fourth-order valence-electron chi connectivity index (χ4n) is 2.55. The van der Waals surface area contributed by atoms with Crippen LogP contribution in [0.25, 0.3) is 0 Å². The third kappa shape index (κ3) is 2.51. The highest BCUT2D eigenvalue weighted by atomic mass is 79.9. The van der Waals surface area contributed by atoms with E-state index >= 15 is 0 Å². The Bertz CT molecular complexity index is 682. The first kappa shape index (κ1) is 14.0. The number of para-hydroxylation sites is 1. The summed E-state index contributed by atoms with van der Waals surface area (Å²) < 4.78 is 11.9. The van der Waals surface area contributed by atoms with E-state index in [4.69, 9.17) is 9.15 Å². The number of aromatic carboxylic acids is 1. The maximum Gasteiger partial charge on any atom is 0.339 e. The molecule has 3 rings (SSSR count). The van der Waals surface area contributed by atoms with Crippen LogP contribution in [-0.4, -0.2) is 24.2 Å². The molecule has 0 fully saturated rings. The lowest BCUT2D eigenvalue weighted by Gasteiger charge is -2.35.